The lowest BCUT2D eigenvalue weighted by atomic mass is 9.99. The Balaban J connectivity index is 1.65. The van der Waals surface area contributed by atoms with E-state index in [-0.39, 0.29) is 11.3 Å². The predicted molar refractivity (Wildman–Crippen MR) is 127 cm³/mol. The summed E-state index contributed by atoms with van der Waals surface area (Å²) >= 11 is 0. The number of carbonyl (C=O) groups is 2. The third kappa shape index (κ3) is 5.36. The third-order valence-corrected chi connectivity index (χ3v) is 5.88. The molecule has 0 amide bonds. The summed E-state index contributed by atoms with van der Waals surface area (Å²) in [5.41, 5.74) is -1.76. The van der Waals surface area contributed by atoms with Crippen LogP contribution in [0.4, 0.5) is 0 Å². The Morgan fingerprint density at radius 2 is 1.50 bits per heavy atom. The van der Waals surface area contributed by atoms with Crippen LogP contribution in [0.15, 0.2) is 33.5 Å². The predicted octanol–water partition coefficient (Wildman–Crippen LogP) is -0.808. The number of phenolic OH excluding ortho intramolecular Hbond substituents is 4. The molecule has 2 aromatic carbocycles. The molecule has 214 valence electrons. The molecule has 5 atom stereocenters. The highest BCUT2D eigenvalue weighted by atomic mass is 16.7. The summed E-state index contributed by atoms with van der Waals surface area (Å²) < 4.78 is 21.1. The fourth-order valence-corrected chi connectivity index (χ4v) is 3.90. The van der Waals surface area contributed by atoms with Gasteiger partial charge in [0, 0.05) is 17.7 Å². The molecule has 2 heterocycles. The van der Waals surface area contributed by atoms with Gasteiger partial charge in [-0.05, 0) is 12.1 Å². The number of esters is 1. The average Bonchev–Trinajstić information content (AvgIpc) is 2.88. The molecule has 1 saturated heterocycles. The Kier molecular flexibility index (Phi) is 7.61. The Morgan fingerprint density at radius 1 is 0.850 bits per heavy atom. The topological polar surface area (TPSA) is 274 Å². The number of fused-ring (bicyclic) bond motifs is 1. The van der Waals surface area contributed by atoms with Gasteiger partial charge in [0.15, 0.2) is 23.0 Å². The van der Waals surface area contributed by atoms with Gasteiger partial charge in [-0.3, -0.25) is 14.4 Å². The van der Waals surface area contributed by atoms with Gasteiger partial charge in [-0.25, -0.2) is 0 Å². The molecule has 16 heteroatoms. The SMILES string of the molecule is O=C(O)CC(=O)OC[C@H]1O[C@@H](Oc2cc(O)c3c(=O)c(O)c(-c4cc(O)c(O)c(O)c4)oc3c2)[C@H](O)[C@@H](O)[C@@H]1O. The molecule has 16 nitrogen and oxygen atoms in total. The molecular weight excluding hydrogens is 544 g/mol. The molecule has 0 unspecified atom stereocenters. The van der Waals surface area contributed by atoms with Crippen LogP contribution in [0.1, 0.15) is 6.42 Å². The Morgan fingerprint density at radius 3 is 2.12 bits per heavy atom. The van der Waals surface area contributed by atoms with E-state index in [1.165, 1.54) is 0 Å². The van der Waals surface area contributed by atoms with Gasteiger partial charge in [-0.1, -0.05) is 0 Å². The second-order valence-electron chi connectivity index (χ2n) is 8.67. The number of aliphatic carboxylic acids is 1. The molecule has 0 bridgehead atoms. The Labute approximate surface area is 221 Å². The van der Waals surface area contributed by atoms with Crippen LogP contribution in [0.3, 0.4) is 0 Å². The van der Waals surface area contributed by atoms with E-state index in [0.29, 0.717) is 0 Å². The molecule has 0 aliphatic carbocycles. The highest BCUT2D eigenvalue weighted by molar-refractivity contribution is 5.90. The molecule has 9 N–H and O–H groups in total. The van der Waals surface area contributed by atoms with E-state index in [1.807, 2.05) is 0 Å². The zero-order valence-corrected chi connectivity index (χ0v) is 20.0. The van der Waals surface area contributed by atoms with Crippen LogP contribution in [-0.2, 0) is 19.1 Å². The van der Waals surface area contributed by atoms with Gasteiger partial charge in [0.2, 0.25) is 17.5 Å². The first-order chi connectivity index (χ1) is 18.8. The monoisotopic (exact) mass is 566 g/mol. The summed E-state index contributed by atoms with van der Waals surface area (Å²) in [6, 6.07) is 3.66. The first kappa shape index (κ1) is 28.2. The normalized spacial score (nSPS) is 22.6. The summed E-state index contributed by atoms with van der Waals surface area (Å²) in [5.74, 6) is -7.77. The summed E-state index contributed by atoms with van der Waals surface area (Å²) in [6.45, 7) is -0.719. The number of aliphatic hydroxyl groups excluding tert-OH is 3. The largest absolute Gasteiger partial charge is 0.507 e. The smallest absolute Gasteiger partial charge is 0.317 e. The van der Waals surface area contributed by atoms with Crippen LogP contribution >= 0.6 is 0 Å². The Bertz CT molecular complexity index is 1500. The van der Waals surface area contributed by atoms with Crippen molar-refractivity contribution in [1.29, 1.82) is 0 Å². The minimum Gasteiger partial charge on any atom is -0.507 e. The molecule has 0 saturated carbocycles. The van der Waals surface area contributed by atoms with Gasteiger partial charge in [0.1, 0.15) is 59.9 Å². The van der Waals surface area contributed by atoms with Crippen LogP contribution in [0.25, 0.3) is 22.3 Å². The highest BCUT2D eigenvalue weighted by Crippen LogP contribution is 2.42. The lowest BCUT2D eigenvalue weighted by Crippen LogP contribution is -2.60. The van der Waals surface area contributed by atoms with Crippen molar-refractivity contribution in [3.8, 4) is 45.8 Å². The van der Waals surface area contributed by atoms with Crippen molar-refractivity contribution in [3.63, 3.8) is 0 Å². The lowest BCUT2D eigenvalue weighted by Gasteiger charge is -2.39. The molecule has 4 rings (SSSR count). The average molecular weight is 566 g/mol. The second kappa shape index (κ2) is 10.8. The van der Waals surface area contributed by atoms with Crippen LogP contribution in [0.2, 0.25) is 0 Å². The van der Waals surface area contributed by atoms with Gasteiger partial charge >= 0.3 is 11.9 Å². The maximum Gasteiger partial charge on any atom is 0.317 e. The molecular formula is C24H22O16. The van der Waals surface area contributed by atoms with Crippen LogP contribution < -0.4 is 10.2 Å². The number of carbonyl (C=O) groups excluding carboxylic acids is 1. The fourth-order valence-electron chi connectivity index (χ4n) is 3.90. The fraction of sp³-hybridized carbons (Fsp3) is 0.292. The maximum absolute atomic E-state index is 12.8. The molecule has 1 aliphatic heterocycles. The number of hydrogen-bond donors (Lipinski definition) is 9. The highest BCUT2D eigenvalue weighted by Gasteiger charge is 2.45. The van der Waals surface area contributed by atoms with Crippen molar-refractivity contribution >= 4 is 22.9 Å². The van der Waals surface area contributed by atoms with Gasteiger partial charge in [-0.2, -0.15) is 0 Å². The van der Waals surface area contributed by atoms with Crippen molar-refractivity contribution < 1.29 is 74.2 Å². The number of phenols is 4. The van der Waals surface area contributed by atoms with Crippen molar-refractivity contribution in [2.75, 3.05) is 6.61 Å². The summed E-state index contributed by atoms with van der Waals surface area (Å²) in [7, 11) is 0. The third-order valence-electron chi connectivity index (χ3n) is 5.88. The van der Waals surface area contributed by atoms with Crippen molar-refractivity contribution in [2.45, 2.75) is 37.1 Å². The molecule has 0 spiro atoms. The number of carboxylic acid groups (broad SMARTS) is 1. The van der Waals surface area contributed by atoms with Gasteiger partial charge in [0.25, 0.3) is 0 Å². The van der Waals surface area contributed by atoms with E-state index in [4.69, 9.17) is 23.7 Å². The number of hydrogen-bond acceptors (Lipinski definition) is 15. The minimum absolute atomic E-state index is 0.237. The van der Waals surface area contributed by atoms with Crippen LogP contribution in [0.5, 0.6) is 34.5 Å². The van der Waals surface area contributed by atoms with E-state index < -0.39 is 107 Å². The van der Waals surface area contributed by atoms with Crippen molar-refractivity contribution in [1.82, 2.24) is 0 Å². The lowest BCUT2D eigenvalue weighted by molar-refractivity contribution is -0.278. The second-order valence-corrected chi connectivity index (χ2v) is 8.67. The summed E-state index contributed by atoms with van der Waals surface area (Å²) in [6.07, 6.45) is -9.76. The van der Waals surface area contributed by atoms with Gasteiger partial charge < -0.3 is 64.6 Å². The number of aliphatic hydroxyl groups is 3. The minimum atomic E-state index is -1.89. The molecule has 1 aromatic heterocycles. The zero-order valence-electron chi connectivity index (χ0n) is 20.0. The zero-order chi connectivity index (χ0) is 29.5. The number of rotatable bonds is 7. The molecule has 1 fully saturated rings. The summed E-state index contributed by atoms with van der Waals surface area (Å²) in [4.78, 5) is 34.9. The summed E-state index contributed by atoms with van der Waals surface area (Å²) in [5, 5.41) is 88.7. The standard InChI is InChI=1S/C24H22O16/c25-9-3-8(38-24-22(36)20(34)18(32)13(40-24)6-37-15(30)5-14(28)29)4-12-16(9)19(33)21(35)23(39-12)7-1-10(26)17(31)11(27)2-7/h1-4,13,18,20,22,24-27,31-32,34-36H,5-6H2,(H,28,29)/t13-,18-,20+,22-,24-/m1/s1. The molecule has 1 aliphatic rings. The molecule has 40 heavy (non-hydrogen) atoms. The van der Waals surface area contributed by atoms with E-state index in [0.717, 1.165) is 24.3 Å². The first-order valence-electron chi connectivity index (χ1n) is 11.3. The van der Waals surface area contributed by atoms with E-state index in [2.05, 4.69) is 0 Å². The maximum atomic E-state index is 12.8. The van der Waals surface area contributed by atoms with Crippen LogP contribution in [0, 0.1) is 0 Å². The van der Waals surface area contributed by atoms with Gasteiger partial charge in [0.05, 0.1) is 0 Å². The molecule has 3 aromatic rings. The van der Waals surface area contributed by atoms with Crippen molar-refractivity contribution in [3.05, 3.63) is 34.5 Å². The number of ether oxygens (including phenoxy) is 3. The first-order valence-corrected chi connectivity index (χ1v) is 11.3. The quantitative estimate of drug-likeness (QED) is 0.0960. The van der Waals surface area contributed by atoms with E-state index in [9.17, 15) is 55.2 Å². The van der Waals surface area contributed by atoms with E-state index in [1.54, 1.807) is 0 Å². The van der Waals surface area contributed by atoms with Crippen molar-refractivity contribution in [2.24, 2.45) is 0 Å². The molecule has 0 radical (unpaired) electrons. The Hall–Kier alpha value is -4.77. The number of aromatic hydroxyl groups is 5. The van der Waals surface area contributed by atoms with E-state index >= 15 is 0 Å². The van der Waals surface area contributed by atoms with Gasteiger partial charge in [-0.15, -0.1) is 0 Å². The number of carboxylic acids is 1. The van der Waals surface area contributed by atoms with Crippen LogP contribution in [-0.4, -0.2) is 95.2 Å². The number of benzene rings is 2.